The Hall–Kier alpha value is -2.27. The van der Waals surface area contributed by atoms with Crippen LogP contribution in [0.15, 0.2) is 58.3 Å². The van der Waals surface area contributed by atoms with Crippen LogP contribution in [0.1, 0.15) is 30.4 Å². The number of sulfonamides is 1. The Morgan fingerprint density at radius 2 is 2.00 bits per heavy atom. The number of rotatable bonds is 8. The van der Waals surface area contributed by atoms with Crippen molar-refractivity contribution < 1.29 is 21.9 Å². The lowest BCUT2D eigenvalue weighted by atomic mass is 10.1. The van der Waals surface area contributed by atoms with Gasteiger partial charge in [-0.3, -0.25) is 9.62 Å². The quantitative estimate of drug-likeness (QED) is 0.426. The highest BCUT2D eigenvalue weighted by Gasteiger charge is 2.23. The summed E-state index contributed by atoms with van der Waals surface area (Å²) in [5.74, 6) is 0.677. The molecule has 2 heterocycles. The van der Waals surface area contributed by atoms with Gasteiger partial charge in [-0.1, -0.05) is 29.8 Å². The number of aromatic nitrogens is 1. The van der Waals surface area contributed by atoms with Crippen LogP contribution in [0.25, 0.3) is 0 Å². The molecule has 0 unspecified atom stereocenters. The maximum atomic E-state index is 12.9. The van der Waals surface area contributed by atoms with Crippen molar-refractivity contribution in [1.29, 1.82) is 0 Å². The van der Waals surface area contributed by atoms with Crippen LogP contribution < -0.4 is 9.46 Å². The van der Waals surface area contributed by atoms with E-state index in [1.807, 2.05) is 6.07 Å². The molecule has 0 atom stereocenters. The lowest BCUT2D eigenvalue weighted by Gasteiger charge is -2.32. The fourth-order valence-corrected chi connectivity index (χ4v) is 5.53. The molecule has 1 N–H and O–H groups in total. The summed E-state index contributed by atoms with van der Waals surface area (Å²) < 4.78 is 59.3. The SMILES string of the molecule is O=S(=O)(Nc1cscn1)c1ccc(OC2CCN(Cc3cccc(C(F)F)c3)CC2)c(Cl)c1. The number of thiazole rings is 1. The molecule has 176 valence electrons. The highest BCUT2D eigenvalue weighted by atomic mass is 35.5. The third kappa shape index (κ3) is 6.20. The zero-order chi connectivity index (χ0) is 23.4. The summed E-state index contributed by atoms with van der Waals surface area (Å²) in [5.41, 5.74) is 2.43. The van der Waals surface area contributed by atoms with Gasteiger partial charge in [0.2, 0.25) is 0 Å². The van der Waals surface area contributed by atoms with E-state index in [0.717, 1.165) is 31.5 Å². The molecule has 0 bridgehead atoms. The lowest BCUT2D eigenvalue weighted by molar-refractivity contribution is 0.0967. The summed E-state index contributed by atoms with van der Waals surface area (Å²) in [5, 5.41) is 1.81. The van der Waals surface area contributed by atoms with Gasteiger partial charge in [-0.2, -0.15) is 0 Å². The van der Waals surface area contributed by atoms with Crippen molar-refractivity contribution in [2.24, 2.45) is 0 Å². The van der Waals surface area contributed by atoms with Crippen LogP contribution in [0.2, 0.25) is 5.02 Å². The van der Waals surface area contributed by atoms with E-state index < -0.39 is 16.4 Å². The van der Waals surface area contributed by atoms with E-state index >= 15 is 0 Å². The lowest BCUT2D eigenvalue weighted by Crippen LogP contribution is -2.37. The van der Waals surface area contributed by atoms with E-state index in [-0.39, 0.29) is 27.4 Å². The van der Waals surface area contributed by atoms with Gasteiger partial charge in [0.1, 0.15) is 11.9 Å². The highest BCUT2D eigenvalue weighted by Crippen LogP contribution is 2.31. The topological polar surface area (TPSA) is 71.5 Å². The molecule has 0 radical (unpaired) electrons. The zero-order valence-corrected chi connectivity index (χ0v) is 19.8. The standard InChI is InChI=1S/C22H22ClF2N3O3S2/c23-19-11-18(33(29,30)27-21-13-32-14-26-21)4-5-20(19)31-17-6-8-28(9-7-17)12-15-2-1-3-16(10-15)22(24)25/h1-5,10-11,13-14,17,22,27H,6-9,12H2. The van der Waals surface area contributed by atoms with Gasteiger partial charge < -0.3 is 4.74 Å². The number of nitrogens with zero attached hydrogens (tertiary/aromatic N) is 2. The second kappa shape index (κ2) is 10.3. The predicted octanol–water partition coefficient (Wildman–Crippen LogP) is 5.58. The molecule has 2 aromatic carbocycles. The average molecular weight is 514 g/mol. The molecule has 3 aromatic rings. The first kappa shape index (κ1) is 23.9. The molecule has 4 rings (SSSR count). The average Bonchev–Trinajstić information content (AvgIpc) is 3.29. The zero-order valence-electron chi connectivity index (χ0n) is 17.5. The van der Waals surface area contributed by atoms with E-state index in [0.29, 0.717) is 12.3 Å². The van der Waals surface area contributed by atoms with E-state index in [1.165, 1.54) is 35.0 Å². The van der Waals surface area contributed by atoms with Crippen molar-refractivity contribution in [3.8, 4) is 5.75 Å². The number of nitrogens with one attached hydrogen (secondary N) is 1. The first-order valence-corrected chi connectivity index (χ1v) is 13.1. The number of halogens is 3. The van der Waals surface area contributed by atoms with Crippen molar-refractivity contribution >= 4 is 38.8 Å². The number of piperidine rings is 1. The molecule has 0 saturated carbocycles. The number of benzene rings is 2. The smallest absolute Gasteiger partial charge is 0.263 e. The van der Waals surface area contributed by atoms with Crippen LogP contribution >= 0.6 is 22.9 Å². The molecule has 1 saturated heterocycles. The summed E-state index contributed by atoms with van der Waals surface area (Å²) in [7, 11) is -3.80. The van der Waals surface area contributed by atoms with Crippen LogP contribution in [-0.2, 0) is 16.6 Å². The molecule has 1 aliphatic heterocycles. The van der Waals surface area contributed by atoms with E-state index in [1.54, 1.807) is 23.6 Å². The Bertz CT molecular complexity index is 1190. The molecule has 0 amide bonds. The minimum atomic E-state index is -3.80. The Morgan fingerprint density at radius 3 is 2.67 bits per heavy atom. The van der Waals surface area contributed by atoms with Crippen LogP contribution in [0.4, 0.5) is 14.6 Å². The third-order valence-electron chi connectivity index (χ3n) is 5.32. The minimum absolute atomic E-state index is 0.0219. The van der Waals surface area contributed by atoms with Crippen LogP contribution in [0.3, 0.4) is 0 Å². The van der Waals surface area contributed by atoms with Crippen molar-refractivity contribution in [2.45, 2.75) is 36.8 Å². The number of hydrogen-bond donors (Lipinski definition) is 1. The molecule has 1 fully saturated rings. The Labute approximate surface area is 200 Å². The highest BCUT2D eigenvalue weighted by molar-refractivity contribution is 7.92. The number of likely N-dealkylation sites (tertiary alicyclic amines) is 1. The predicted molar refractivity (Wildman–Crippen MR) is 125 cm³/mol. The fraction of sp³-hybridized carbons (Fsp3) is 0.318. The first-order valence-electron chi connectivity index (χ1n) is 10.3. The summed E-state index contributed by atoms with van der Waals surface area (Å²) in [6, 6.07) is 10.9. The fourth-order valence-electron chi connectivity index (χ4n) is 3.65. The van der Waals surface area contributed by atoms with Crippen molar-refractivity contribution in [1.82, 2.24) is 9.88 Å². The Kier molecular flexibility index (Phi) is 7.48. The molecule has 0 aliphatic carbocycles. The van der Waals surface area contributed by atoms with Crippen molar-refractivity contribution in [3.63, 3.8) is 0 Å². The molecule has 33 heavy (non-hydrogen) atoms. The van der Waals surface area contributed by atoms with Gasteiger partial charge in [-0.15, -0.1) is 11.3 Å². The maximum absolute atomic E-state index is 12.9. The van der Waals surface area contributed by atoms with Crippen molar-refractivity contribution in [3.05, 3.63) is 69.5 Å². The van der Waals surface area contributed by atoms with E-state index in [2.05, 4.69) is 14.6 Å². The molecule has 11 heteroatoms. The van der Waals surface area contributed by atoms with Crippen LogP contribution in [-0.4, -0.2) is 37.5 Å². The van der Waals surface area contributed by atoms with E-state index in [9.17, 15) is 17.2 Å². The molecule has 0 spiro atoms. The third-order valence-corrected chi connectivity index (χ3v) is 7.56. The normalized spacial score (nSPS) is 15.6. The Morgan fingerprint density at radius 1 is 1.21 bits per heavy atom. The molecule has 1 aromatic heterocycles. The monoisotopic (exact) mass is 513 g/mol. The van der Waals surface area contributed by atoms with Gasteiger partial charge in [0.15, 0.2) is 5.82 Å². The molecule has 1 aliphatic rings. The number of anilines is 1. The minimum Gasteiger partial charge on any atom is -0.489 e. The summed E-state index contributed by atoms with van der Waals surface area (Å²) in [6.45, 7) is 2.11. The summed E-state index contributed by atoms with van der Waals surface area (Å²) >= 11 is 7.60. The molecular formula is C22H22ClF2N3O3S2. The molecule has 6 nitrogen and oxygen atoms in total. The number of ether oxygens (including phenoxy) is 1. The summed E-state index contributed by atoms with van der Waals surface area (Å²) in [4.78, 5) is 6.14. The van der Waals surface area contributed by atoms with Crippen LogP contribution in [0.5, 0.6) is 5.75 Å². The maximum Gasteiger partial charge on any atom is 0.263 e. The van der Waals surface area contributed by atoms with Gasteiger partial charge >= 0.3 is 0 Å². The number of hydrogen-bond acceptors (Lipinski definition) is 6. The second-order valence-corrected chi connectivity index (χ2v) is 10.5. The van der Waals surface area contributed by atoms with Gasteiger partial charge in [-0.25, -0.2) is 22.2 Å². The number of alkyl halides is 2. The van der Waals surface area contributed by atoms with Crippen LogP contribution in [0, 0.1) is 0 Å². The van der Waals surface area contributed by atoms with Gasteiger partial charge in [0, 0.05) is 30.6 Å². The first-order chi connectivity index (χ1) is 15.8. The Balaban J connectivity index is 1.32. The largest absolute Gasteiger partial charge is 0.489 e. The van der Waals surface area contributed by atoms with Gasteiger partial charge in [0.05, 0.1) is 15.4 Å². The van der Waals surface area contributed by atoms with Gasteiger partial charge in [0.25, 0.3) is 16.4 Å². The molecular weight excluding hydrogens is 492 g/mol. The summed E-state index contributed by atoms with van der Waals surface area (Å²) in [6.07, 6.45) is -1.05. The van der Waals surface area contributed by atoms with Gasteiger partial charge in [-0.05, 0) is 42.7 Å². The van der Waals surface area contributed by atoms with E-state index in [4.69, 9.17) is 16.3 Å². The second-order valence-electron chi connectivity index (χ2n) is 7.71. The van der Waals surface area contributed by atoms with Crippen molar-refractivity contribution in [2.75, 3.05) is 17.8 Å².